The molecule has 2 amide bonds. The normalized spacial score (nSPS) is 27.2. The van der Waals surface area contributed by atoms with E-state index in [1.807, 2.05) is 45.0 Å². The number of likely N-dealkylation sites (N-methyl/N-ethyl adjacent to an activating group) is 1. The van der Waals surface area contributed by atoms with Crippen LogP contribution in [0, 0.1) is 16.7 Å². The molecular formula is C29H43N3O4. The van der Waals surface area contributed by atoms with Gasteiger partial charge < -0.3 is 19.4 Å². The van der Waals surface area contributed by atoms with E-state index in [9.17, 15) is 14.4 Å². The van der Waals surface area contributed by atoms with E-state index in [-0.39, 0.29) is 35.1 Å². The van der Waals surface area contributed by atoms with Gasteiger partial charge in [0.1, 0.15) is 12.1 Å². The number of ether oxygens (including phenoxy) is 1. The fraction of sp³-hybridized carbons (Fsp3) is 0.690. The van der Waals surface area contributed by atoms with Gasteiger partial charge in [-0.25, -0.2) is 0 Å². The van der Waals surface area contributed by atoms with Gasteiger partial charge >= 0.3 is 5.97 Å². The molecule has 2 saturated heterocycles. The molecule has 2 heterocycles. The van der Waals surface area contributed by atoms with Crippen LogP contribution in [0.3, 0.4) is 0 Å². The number of carbonyl (C=O) groups excluding carboxylic acids is 3. The Labute approximate surface area is 216 Å². The summed E-state index contributed by atoms with van der Waals surface area (Å²) in [6.45, 7) is 14.6. The van der Waals surface area contributed by atoms with E-state index in [1.54, 1.807) is 7.05 Å². The Bertz CT molecular complexity index is 1010. The molecule has 1 saturated carbocycles. The average Bonchev–Trinajstić information content (AvgIpc) is 3.33. The van der Waals surface area contributed by atoms with Gasteiger partial charge in [0.2, 0.25) is 5.91 Å². The molecule has 0 aromatic heterocycles. The molecule has 198 valence electrons. The maximum Gasteiger partial charge on any atom is 0.326 e. The van der Waals surface area contributed by atoms with E-state index >= 15 is 0 Å². The molecule has 2 aliphatic heterocycles. The van der Waals surface area contributed by atoms with Crippen LogP contribution < -0.4 is 4.90 Å². The third-order valence-corrected chi connectivity index (χ3v) is 7.86. The molecule has 0 spiro atoms. The summed E-state index contributed by atoms with van der Waals surface area (Å²) < 4.78 is 5.34. The van der Waals surface area contributed by atoms with Gasteiger partial charge in [0.05, 0.1) is 5.92 Å². The number of anilines is 1. The van der Waals surface area contributed by atoms with Gasteiger partial charge in [-0.3, -0.25) is 14.4 Å². The van der Waals surface area contributed by atoms with Gasteiger partial charge in [-0.2, -0.15) is 0 Å². The largest absolute Gasteiger partial charge is 0.459 e. The smallest absolute Gasteiger partial charge is 0.326 e. The van der Waals surface area contributed by atoms with Gasteiger partial charge in [0.15, 0.2) is 0 Å². The molecule has 3 aliphatic rings. The number of rotatable bonds is 5. The van der Waals surface area contributed by atoms with Crippen LogP contribution in [-0.2, 0) is 14.3 Å². The highest BCUT2D eigenvalue weighted by atomic mass is 16.6. The summed E-state index contributed by atoms with van der Waals surface area (Å²) >= 11 is 0. The average molecular weight is 498 g/mol. The number of nitrogens with zero attached hydrogens (tertiary/aromatic N) is 3. The minimum atomic E-state index is -0.569. The summed E-state index contributed by atoms with van der Waals surface area (Å²) in [5.74, 6) is -0.461. The Balaban J connectivity index is 1.34. The molecule has 7 nitrogen and oxygen atoms in total. The number of hydrogen-bond acceptors (Lipinski definition) is 5. The first kappa shape index (κ1) is 26.5. The fourth-order valence-electron chi connectivity index (χ4n) is 6.83. The van der Waals surface area contributed by atoms with Crippen molar-refractivity contribution in [2.75, 3.05) is 38.1 Å². The SMILES string of the molecule is CN(CC(=O)OC(C)(C)C)C(=O)C1CCN(c2ccc(C(=O)N3CC4(C)CC3CC(C)(C)C4)cc2)C1. The Morgan fingerprint density at radius 1 is 1.08 bits per heavy atom. The lowest BCUT2D eigenvalue weighted by atomic mass is 9.65. The van der Waals surface area contributed by atoms with Crippen LogP contribution in [0.2, 0.25) is 0 Å². The van der Waals surface area contributed by atoms with Crippen LogP contribution in [-0.4, -0.2) is 72.5 Å². The van der Waals surface area contributed by atoms with Crippen molar-refractivity contribution in [1.82, 2.24) is 9.80 Å². The van der Waals surface area contributed by atoms with Crippen LogP contribution in [0.1, 0.15) is 77.6 Å². The van der Waals surface area contributed by atoms with E-state index in [2.05, 4.69) is 30.6 Å². The first-order chi connectivity index (χ1) is 16.6. The molecule has 0 radical (unpaired) electrons. The van der Waals surface area contributed by atoms with Crippen LogP contribution >= 0.6 is 0 Å². The third-order valence-electron chi connectivity index (χ3n) is 7.86. The van der Waals surface area contributed by atoms with Crippen molar-refractivity contribution in [3.63, 3.8) is 0 Å². The summed E-state index contributed by atoms with van der Waals surface area (Å²) in [4.78, 5) is 44.2. The number of amides is 2. The summed E-state index contributed by atoms with van der Waals surface area (Å²) in [6.07, 6.45) is 4.08. The first-order valence-corrected chi connectivity index (χ1v) is 13.3. The van der Waals surface area contributed by atoms with Crippen molar-refractivity contribution in [1.29, 1.82) is 0 Å². The van der Waals surface area contributed by atoms with Gasteiger partial charge in [-0.15, -0.1) is 0 Å². The molecule has 4 rings (SSSR count). The zero-order valence-corrected chi connectivity index (χ0v) is 23.1. The molecule has 1 aliphatic carbocycles. The quantitative estimate of drug-likeness (QED) is 0.566. The number of carbonyl (C=O) groups is 3. The zero-order valence-electron chi connectivity index (χ0n) is 23.1. The van der Waals surface area contributed by atoms with E-state index < -0.39 is 11.6 Å². The van der Waals surface area contributed by atoms with Crippen molar-refractivity contribution < 1.29 is 19.1 Å². The molecule has 7 heteroatoms. The van der Waals surface area contributed by atoms with Gasteiger partial charge in [0.25, 0.3) is 5.91 Å². The van der Waals surface area contributed by atoms with Gasteiger partial charge in [-0.05, 0) is 81.5 Å². The number of fused-ring (bicyclic) bond motifs is 2. The van der Waals surface area contributed by atoms with Crippen molar-refractivity contribution in [3.05, 3.63) is 29.8 Å². The maximum atomic E-state index is 13.4. The number of likely N-dealkylation sites (tertiary alicyclic amines) is 1. The predicted octanol–water partition coefficient (Wildman–Crippen LogP) is 4.35. The molecule has 3 fully saturated rings. The lowest BCUT2D eigenvalue weighted by molar-refractivity contribution is -0.158. The van der Waals surface area contributed by atoms with E-state index in [0.717, 1.165) is 43.6 Å². The lowest BCUT2D eigenvalue weighted by Gasteiger charge is -2.39. The summed E-state index contributed by atoms with van der Waals surface area (Å²) in [5.41, 5.74) is 1.68. The van der Waals surface area contributed by atoms with Crippen molar-refractivity contribution in [2.45, 2.75) is 78.9 Å². The van der Waals surface area contributed by atoms with Crippen LogP contribution in [0.5, 0.6) is 0 Å². The minimum Gasteiger partial charge on any atom is -0.459 e. The molecule has 3 atom stereocenters. The van der Waals surface area contributed by atoms with Crippen LogP contribution in [0.25, 0.3) is 0 Å². The standard InChI is InChI=1S/C29H43N3O4/c1-27(2,3)36-24(33)17-30(7)25(34)21-12-13-31(16-21)22-10-8-20(9-11-22)26(35)32-19-29(6)15-23(32)14-28(4,5)18-29/h8-11,21,23H,12-19H2,1-7H3. The van der Waals surface area contributed by atoms with Crippen LogP contribution in [0.4, 0.5) is 5.69 Å². The number of hydrogen-bond donors (Lipinski definition) is 0. The minimum absolute atomic E-state index is 0.0354. The third kappa shape index (κ3) is 5.87. The second-order valence-electron chi connectivity index (χ2n) is 13.4. The molecule has 36 heavy (non-hydrogen) atoms. The Morgan fingerprint density at radius 2 is 1.75 bits per heavy atom. The fourth-order valence-corrected chi connectivity index (χ4v) is 6.83. The summed E-state index contributed by atoms with van der Waals surface area (Å²) in [5, 5.41) is 0. The van der Waals surface area contributed by atoms with E-state index in [1.165, 1.54) is 11.3 Å². The molecule has 1 aromatic rings. The highest BCUT2D eigenvalue weighted by molar-refractivity contribution is 5.95. The Kier molecular flexibility index (Phi) is 6.91. The van der Waals surface area contributed by atoms with Crippen molar-refractivity contribution in [2.24, 2.45) is 16.7 Å². The zero-order chi connectivity index (χ0) is 26.5. The highest BCUT2D eigenvalue weighted by Crippen LogP contribution is 2.52. The number of benzene rings is 1. The topological polar surface area (TPSA) is 70.2 Å². The summed E-state index contributed by atoms with van der Waals surface area (Å²) in [6, 6.07) is 8.18. The van der Waals surface area contributed by atoms with Gasteiger partial charge in [-0.1, -0.05) is 20.8 Å². The van der Waals surface area contributed by atoms with Gasteiger partial charge in [0, 0.05) is 44.0 Å². The van der Waals surface area contributed by atoms with E-state index in [4.69, 9.17) is 4.74 Å². The molecule has 0 N–H and O–H groups in total. The molecular weight excluding hydrogens is 454 g/mol. The summed E-state index contributed by atoms with van der Waals surface area (Å²) in [7, 11) is 1.66. The maximum absolute atomic E-state index is 13.4. The highest BCUT2D eigenvalue weighted by Gasteiger charge is 2.51. The second kappa shape index (κ2) is 9.38. The second-order valence-corrected chi connectivity index (χ2v) is 13.4. The Hall–Kier alpha value is -2.57. The Morgan fingerprint density at radius 3 is 2.39 bits per heavy atom. The van der Waals surface area contributed by atoms with Crippen molar-refractivity contribution in [3.8, 4) is 0 Å². The monoisotopic (exact) mass is 497 g/mol. The lowest BCUT2D eigenvalue weighted by Crippen LogP contribution is -2.40. The first-order valence-electron chi connectivity index (χ1n) is 13.3. The van der Waals surface area contributed by atoms with E-state index in [0.29, 0.717) is 12.6 Å². The van der Waals surface area contributed by atoms with Crippen molar-refractivity contribution >= 4 is 23.5 Å². The van der Waals surface area contributed by atoms with Crippen LogP contribution in [0.15, 0.2) is 24.3 Å². The number of esters is 1. The predicted molar refractivity (Wildman–Crippen MR) is 141 cm³/mol. The molecule has 3 unspecified atom stereocenters. The molecule has 1 aromatic carbocycles. The molecule has 2 bridgehead atoms.